The standard InChI is InChI=1S/C60H36N2/c1-3-13-47(14-4-1)61-55-35-39(25-27-51(55)53-29-23-37-11-7-9-17-49(37)59(53)61)45-31-41-19-21-43-33-46(34-44-22-20-42(32-45)57(41)58(43)44)40-26-28-52-54-30-24-38-12-8-10-18-50(38)60(54)62(56(52)36-40)48-15-5-2-6-16-48/h1-36H. The van der Waals surface area contributed by atoms with Crippen molar-refractivity contribution in [2.24, 2.45) is 0 Å². The Labute approximate surface area is 357 Å². The highest BCUT2D eigenvalue weighted by Gasteiger charge is 2.19. The van der Waals surface area contributed by atoms with E-state index in [0.29, 0.717) is 0 Å². The van der Waals surface area contributed by atoms with E-state index in [1.807, 2.05) is 0 Å². The Morgan fingerprint density at radius 2 is 0.581 bits per heavy atom. The topological polar surface area (TPSA) is 9.86 Å². The lowest BCUT2D eigenvalue weighted by Crippen LogP contribution is -1.94. The van der Waals surface area contributed by atoms with E-state index >= 15 is 0 Å². The number of fused-ring (bicyclic) bond motifs is 10. The maximum atomic E-state index is 2.46. The van der Waals surface area contributed by atoms with E-state index < -0.39 is 0 Å². The zero-order valence-corrected chi connectivity index (χ0v) is 33.7. The average molecular weight is 785 g/mol. The molecule has 62 heavy (non-hydrogen) atoms. The van der Waals surface area contributed by atoms with E-state index in [0.717, 1.165) is 0 Å². The first-order valence-electron chi connectivity index (χ1n) is 21.5. The molecule has 0 fully saturated rings. The molecule has 0 amide bonds. The van der Waals surface area contributed by atoms with Gasteiger partial charge in [0.2, 0.25) is 0 Å². The van der Waals surface area contributed by atoms with Crippen molar-refractivity contribution in [2.75, 3.05) is 0 Å². The molecule has 14 rings (SSSR count). The highest BCUT2D eigenvalue weighted by Crippen LogP contribution is 2.44. The molecule has 286 valence electrons. The summed E-state index contributed by atoms with van der Waals surface area (Å²) >= 11 is 0. The van der Waals surface area contributed by atoms with Gasteiger partial charge in [0.1, 0.15) is 0 Å². The summed E-state index contributed by atoms with van der Waals surface area (Å²) in [4.78, 5) is 0. The van der Waals surface area contributed by atoms with Crippen molar-refractivity contribution in [3.05, 3.63) is 218 Å². The molecule has 0 spiro atoms. The highest BCUT2D eigenvalue weighted by molar-refractivity contribution is 6.25. The van der Waals surface area contributed by atoms with Gasteiger partial charge >= 0.3 is 0 Å². The van der Waals surface area contributed by atoms with Gasteiger partial charge in [-0.15, -0.1) is 0 Å². The summed E-state index contributed by atoms with van der Waals surface area (Å²) in [5, 5.41) is 17.8. The Balaban J connectivity index is 0.927. The minimum absolute atomic E-state index is 1.17. The van der Waals surface area contributed by atoms with E-state index in [1.165, 1.54) is 131 Å². The van der Waals surface area contributed by atoms with Crippen LogP contribution in [0.15, 0.2) is 218 Å². The summed E-state index contributed by atoms with van der Waals surface area (Å²) in [5.74, 6) is 0. The van der Waals surface area contributed by atoms with Gasteiger partial charge in [-0.05, 0) is 126 Å². The summed E-state index contributed by atoms with van der Waals surface area (Å²) in [6.45, 7) is 0. The summed E-state index contributed by atoms with van der Waals surface area (Å²) in [5.41, 5.74) is 12.2. The van der Waals surface area contributed by atoms with Crippen LogP contribution < -0.4 is 0 Å². The molecule has 14 aromatic rings. The molecule has 0 bridgehead atoms. The van der Waals surface area contributed by atoms with Gasteiger partial charge in [-0.25, -0.2) is 0 Å². The second kappa shape index (κ2) is 12.7. The third-order valence-electron chi connectivity index (χ3n) is 13.5. The molecule has 0 aliphatic rings. The van der Waals surface area contributed by atoms with Crippen LogP contribution in [0, 0.1) is 0 Å². The molecular formula is C60H36N2. The Morgan fingerprint density at radius 3 is 1.00 bits per heavy atom. The van der Waals surface area contributed by atoms with E-state index in [1.54, 1.807) is 0 Å². The van der Waals surface area contributed by atoms with Crippen molar-refractivity contribution in [3.63, 3.8) is 0 Å². The van der Waals surface area contributed by atoms with Crippen LogP contribution in [-0.2, 0) is 0 Å². The number of hydrogen-bond donors (Lipinski definition) is 0. The molecule has 2 heterocycles. The number of hydrogen-bond acceptors (Lipinski definition) is 0. The molecule has 0 unspecified atom stereocenters. The van der Waals surface area contributed by atoms with E-state index in [4.69, 9.17) is 0 Å². The zero-order chi connectivity index (χ0) is 40.5. The Hall–Kier alpha value is -8.20. The molecule has 0 radical (unpaired) electrons. The number of para-hydroxylation sites is 2. The minimum atomic E-state index is 1.17. The predicted octanol–water partition coefficient (Wildman–Crippen LogP) is 16.4. The highest BCUT2D eigenvalue weighted by atomic mass is 15.0. The SMILES string of the molecule is c1ccc(-n2c3cc(-c4cc5ccc6cc(-c7ccc8c9ccc%10ccccc%10c9n(-c9ccccc9)c8c7)cc7ccc(c4)c5c67)ccc3c3ccc4ccccc4c32)cc1. The van der Waals surface area contributed by atoms with Gasteiger partial charge in [0, 0.05) is 43.7 Å². The van der Waals surface area contributed by atoms with E-state index in [-0.39, 0.29) is 0 Å². The number of nitrogens with zero attached hydrogens (tertiary/aromatic N) is 2. The fourth-order valence-corrected chi connectivity index (χ4v) is 10.8. The molecule has 0 saturated heterocycles. The van der Waals surface area contributed by atoms with Crippen molar-refractivity contribution in [1.82, 2.24) is 9.13 Å². The number of aromatic nitrogens is 2. The number of benzene rings is 12. The van der Waals surface area contributed by atoms with Gasteiger partial charge in [-0.3, -0.25) is 0 Å². The molecule has 2 aromatic heterocycles. The van der Waals surface area contributed by atoms with Gasteiger partial charge in [-0.2, -0.15) is 0 Å². The molecule has 0 aliphatic heterocycles. The molecule has 2 heteroatoms. The maximum absolute atomic E-state index is 2.46. The first kappa shape index (κ1) is 33.6. The van der Waals surface area contributed by atoms with Gasteiger partial charge in [0.05, 0.1) is 22.1 Å². The third kappa shape index (κ3) is 4.75. The fourth-order valence-electron chi connectivity index (χ4n) is 10.8. The summed E-state index contributed by atoms with van der Waals surface area (Å²) in [6, 6.07) is 81.1. The lowest BCUT2D eigenvalue weighted by atomic mass is 9.89. The molecular weight excluding hydrogens is 749 g/mol. The lowest BCUT2D eigenvalue weighted by molar-refractivity contribution is 1.19. The Morgan fingerprint density at radius 1 is 0.226 bits per heavy atom. The minimum Gasteiger partial charge on any atom is -0.309 e. The molecule has 0 aliphatic carbocycles. The quantitative estimate of drug-likeness (QED) is 0.157. The molecule has 2 nitrogen and oxygen atoms in total. The van der Waals surface area contributed by atoms with Gasteiger partial charge in [0.15, 0.2) is 0 Å². The molecule has 0 saturated carbocycles. The first-order valence-corrected chi connectivity index (χ1v) is 21.5. The van der Waals surface area contributed by atoms with Gasteiger partial charge in [-0.1, -0.05) is 158 Å². The van der Waals surface area contributed by atoms with Crippen LogP contribution >= 0.6 is 0 Å². The van der Waals surface area contributed by atoms with Crippen molar-refractivity contribution in [1.29, 1.82) is 0 Å². The van der Waals surface area contributed by atoms with Crippen LogP contribution in [0.3, 0.4) is 0 Å². The van der Waals surface area contributed by atoms with Crippen molar-refractivity contribution in [3.8, 4) is 33.6 Å². The van der Waals surface area contributed by atoms with E-state index in [9.17, 15) is 0 Å². The fraction of sp³-hybridized carbons (Fsp3) is 0. The van der Waals surface area contributed by atoms with Crippen molar-refractivity contribution >= 4 is 97.5 Å². The summed E-state index contributed by atoms with van der Waals surface area (Å²) in [6.07, 6.45) is 0. The van der Waals surface area contributed by atoms with Crippen LogP contribution in [0.5, 0.6) is 0 Å². The average Bonchev–Trinajstić information content (AvgIpc) is 3.86. The molecule has 0 atom stereocenters. The lowest BCUT2D eigenvalue weighted by Gasteiger charge is -2.15. The second-order valence-electron chi connectivity index (χ2n) is 16.9. The second-order valence-corrected chi connectivity index (χ2v) is 16.9. The molecule has 12 aromatic carbocycles. The summed E-state index contributed by atoms with van der Waals surface area (Å²) < 4.78 is 4.92. The number of rotatable bonds is 4. The summed E-state index contributed by atoms with van der Waals surface area (Å²) in [7, 11) is 0. The van der Waals surface area contributed by atoms with Crippen LogP contribution in [-0.4, -0.2) is 9.13 Å². The Bertz CT molecular complexity index is 3800. The monoisotopic (exact) mass is 784 g/mol. The van der Waals surface area contributed by atoms with Crippen LogP contribution in [0.1, 0.15) is 0 Å². The van der Waals surface area contributed by atoms with Crippen molar-refractivity contribution in [2.45, 2.75) is 0 Å². The van der Waals surface area contributed by atoms with Crippen LogP contribution in [0.25, 0.3) is 131 Å². The zero-order valence-electron chi connectivity index (χ0n) is 33.7. The normalized spacial score (nSPS) is 12.2. The smallest absolute Gasteiger partial charge is 0.0619 e. The van der Waals surface area contributed by atoms with Gasteiger partial charge in [0.25, 0.3) is 0 Å². The van der Waals surface area contributed by atoms with Gasteiger partial charge < -0.3 is 9.13 Å². The molecule has 0 N–H and O–H groups in total. The van der Waals surface area contributed by atoms with Crippen LogP contribution in [0.2, 0.25) is 0 Å². The predicted molar refractivity (Wildman–Crippen MR) is 265 cm³/mol. The third-order valence-corrected chi connectivity index (χ3v) is 13.5. The largest absolute Gasteiger partial charge is 0.309 e. The first-order chi connectivity index (χ1) is 30.7. The van der Waals surface area contributed by atoms with Crippen molar-refractivity contribution < 1.29 is 0 Å². The maximum Gasteiger partial charge on any atom is 0.0619 e. The Kier molecular flexibility index (Phi) is 6.86. The van der Waals surface area contributed by atoms with Crippen LogP contribution in [0.4, 0.5) is 0 Å². The van der Waals surface area contributed by atoms with E-state index in [2.05, 4.69) is 228 Å².